The van der Waals surface area contributed by atoms with Crippen molar-refractivity contribution >= 4 is 11.8 Å². The molecule has 5 nitrogen and oxygen atoms in total. The summed E-state index contributed by atoms with van der Waals surface area (Å²) < 4.78 is 18.1. The average Bonchev–Trinajstić information content (AvgIpc) is 2.72. The molecule has 28 heavy (non-hydrogen) atoms. The highest BCUT2D eigenvalue weighted by Crippen LogP contribution is 2.11. The number of rotatable bonds is 9. The minimum Gasteiger partial charge on any atom is -0.497 e. The largest absolute Gasteiger partial charge is 0.497 e. The number of benzene rings is 2. The number of nitrogens with one attached hydrogen (secondary N) is 1. The molecule has 0 unspecified atom stereocenters. The van der Waals surface area contributed by atoms with Crippen molar-refractivity contribution in [3.05, 3.63) is 65.5 Å². The standard InChI is InChI=1S/C22H23FN2O3/c1-3-15-25(16-17-6-10-19(23)11-7-17)21(26)5-4-14-24-22(27)18-8-12-20(28-2)13-9-18/h1,6-13H,4-5,14-16H2,2H3,(H,24,27). The smallest absolute Gasteiger partial charge is 0.251 e. The van der Waals surface area contributed by atoms with Crippen LogP contribution in [-0.2, 0) is 11.3 Å². The van der Waals surface area contributed by atoms with E-state index in [1.165, 1.54) is 12.1 Å². The molecule has 2 aromatic rings. The van der Waals surface area contributed by atoms with E-state index >= 15 is 0 Å². The Balaban J connectivity index is 1.79. The number of carbonyl (C=O) groups is 2. The SMILES string of the molecule is C#CCN(Cc1ccc(F)cc1)C(=O)CCCNC(=O)c1ccc(OC)cc1. The Kier molecular flexibility index (Phi) is 8.04. The Hall–Kier alpha value is -3.33. The molecule has 0 aliphatic carbocycles. The summed E-state index contributed by atoms with van der Waals surface area (Å²) in [6, 6.07) is 12.7. The van der Waals surface area contributed by atoms with E-state index in [2.05, 4.69) is 11.2 Å². The first-order valence-corrected chi connectivity index (χ1v) is 8.91. The highest BCUT2D eigenvalue weighted by Gasteiger charge is 2.13. The van der Waals surface area contributed by atoms with Crippen LogP contribution in [0.3, 0.4) is 0 Å². The molecule has 0 fully saturated rings. The van der Waals surface area contributed by atoms with Gasteiger partial charge < -0.3 is 15.0 Å². The molecule has 0 saturated carbocycles. The second kappa shape index (κ2) is 10.7. The molecule has 6 heteroatoms. The molecule has 2 rings (SSSR count). The lowest BCUT2D eigenvalue weighted by atomic mass is 10.2. The topological polar surface area (TPSA) is 58.6 Å². The zero-order valence-corrected chi connectivity index (χ0v) is 15.8. The number of amides is 2. The summed E-state index contributed by atoms with van der Waals surface area (Å²) in [5.74, 6) is 2.50. The molecule has 0 bridgehead atoms. The summed E-state index contributed by atoms with van der Waals surface area (Å²) in [5.41, 5.74) is 1.33. The van der Waals surface area contributed by atoms with Crippen LogP contribution >= 0.6 is 0 Å². The van der Waals surface area contributed by atoms with Gasteiger partial charge in [0.05, 0.1) is 13.7 Å². The molecule has 0 radical (unpaired) electrons. The number of hydrogen-bond acceptors (Lipinski definition) is 3. The maximum Gasteiger partial charge on any atom is 0.251 e. The summed E-state index contributed by atoms with van der Waals surface area (Å²) >= 11 is 0. The molecule has 0 aliphatic rings. The summed E-state index contributed by atoms with van der Waals surface area (Å²) in [7, 11) is 1.56. The van der Waals surface area contributed by atoms with E-state index in [4.69, 9.17) is 11.2 Å². The van der Waals surface area contributed by atoms with E-state index in [1.54, 1.807) is 48.4 Å². The quantitative estimate of drug-likeness (QED) is 0.536. The molecular formula is C22H23FN2O3. The highest BCUT2D eigenvalue weighted by molar-refractivity contribution is 5.94. The van der Waals surface area contributed by atoms with Crippen LogP contribution in [0.25, 0.3) is 0 Å². The Labute approximate surface area is 164 Å². The summed E-state index contributed by atoms with van der Waals surface area (Å²) in [5, 5.41) is 2.79. The Morgan fingerprint density at radius 1 is 1.14 bits per heavy atom. The fourth-order valence-electron chi connectivity index (χ4n) is 2.60. The predicted molar refractivity (Wildman–Crippen MR) is 105 cm³/mol. The number of halogens is 1. The second-order valence-electron chi connectivity index (χ2n) is 6.17. The third kappa shape index (κ3) is 6.44. The van der Waals surface area contributed by atoms with Crippen LogP contribution in [0.2, 0.25) is 0 Å². The van der Waals surface area contributed by atoms with Gasteiger partial charge in [-0.25, -0.2) is 4.39 Å². The van der Waals surface area contributed by atoms with Gasteiger partial charge in [0.25, 0.3) is 5.91 Å². The van der Waals surface area contributed by atoms with Gasteiger partial charge in [-0.05, 0) is 48.4 Å². The number of methoxy groups -OCH3 is 1. The maximum atomic E-state index is 13.0. The third-order valence-corrected chi connectivity index (χ3v) is 4.13. The fourth-order valence-corrected chi connectivity index (χ4v) is 2.60. The van der Waals surface area contributed by atoms with Crippen molar-refractivity contribution in [1.29, 1.82) is 0 Å². The highest BCUT2D eigenvalue weighted by atomic mass is 19.1. The monoisotopic (exact) mass is 382 g/mol. The lowest BCUT2D eigenvalue weighted by molar-refractivity contribution is -0.131. The molecular weight excluding hydrogens is 359 g/mol. The van der Waals surface area contributed by atoms with Gasteiger partial charge in [-0.15, -0.1) is 6.42 Å². The first-order chi connectivity index (χ1) is 13.5. The zero-order valence-electron chi connectivity index (χ0n) is 15.8. The van der Waals surface area contributed by atoms with Gasteiger partial charge in [0.2, 0.25) is 5.91 Å². The predicted octanol–water partition coefficient (Wildman–Crippen LogP) is 3.01. The molecule has 0 spiro atoms. The minimum atomic E-state index is -0.328. The Bertz CT molecular complexity index is 826. The van der Waals surface area contributed by atoms with Gasteiger partial charge in [0.1, 0.15) is 11.6 Å². The van der Waals surface area contributed by atoms with Crippen LogP contribution in [0, 0.1) is 18.2 Å². The average molecular weight is 382 g/mol. The van der Waals surface area contributed by atoms with E-state index in [0.29, 0.717) is 30.8 Å². The normalized spacial score (nSPS) is 10.0. The van der Waals surface area contributed by atoms with Gasteiger partial charge in [-0.3, -0.25) is 9.59 Å². The van der Waals surface area contributed by atoms with Crippen LogP contribution < -0.4 is 10.1 Å². The van der Waals surface area contributed by atoms with E-state index in [9.17, 15) is 14.0 Å². The van der Waals surface area contributed by atoms with Gasteiger partial charge in [-0.2, -0.15) is 0 Å². The molecule has 146 valence electrons. The zero-order chi connectivity index (χ0) is 20.4. The number of carbonyl (C=O) groups excluding carboxylic acids is 2. The van der Waals surface area contributed by atoms with Crippen LogP contribution in [0.5, 0.6) is 5.75 Å². The Morgan fingerprint density at radius 2 is 1.82 bits per heavy atom. The van der Waals surface area contributed by atoms with Crippen molar-refractivity contribution in [3.63, 3.8) is 0 Å². The first-order valence-electron chi connectivity index (χ1n) is 8.91. The second-order valence-corrected chi connectivity index (χ2v) is 6.17. The summed E-state index contributed by atoms with van der Waals surface area (Å²) in [4.78, 5) is 26.0. The Morgan fingerprint density at radius 3 is 2.43 bits per heavy atom. The van der Waals surface area contributed by atoms with Crippen molar-refractivity contribution in [3.8, 4) is 18.1 Å². The van der Waals surface area contributed by atoms with Gasteiger partial charge >= 0.3 is 0 Å². The van der Waals surface area contributed by atoms with E-state index < -0.39 is 0 Å². The number of hydrogen-bond donors (Lipinski definition) is 1. The van der Waals surface area contributed by atoms with Crippen LogP contribution in [0.15, 0.2) is 48.5 Å². The van der Waals surface area contributed by atoms with Crippen molar-refractivity contribution in [1.82, 2.24) is 10.2 Å². The number of ether oxygens (including phenoxy) is 1. The number of terminal acetylenes is 1. The molecule has 2 amide bonds. The maximum absolute atomic E-state index is 13.0. The summed E-state index contributed by atoms with van der Waals surface area (Å²) in [6.45, 7) is 0.868. The van der Waals surface area contributed by atoms with Gasteiger partial charge in [-0.1, -0.05) is 18.1 Å². The van der Waals surface area contributed by atoms with E-state index in [0.717, 1.165) is 5.56 Å². The van der Waals surface area contributed by atoms with Crippen molar-refractivity contribution < 1.29 is 18.7 Å². The van der Waals surface area contributed by atoms with Crippen molar-refractivity contribution in [2.45, 2.75) is 19.4 Å². The van der Waals surface area contributed by atoms with Gasteiger partial charge in [0.15, 0.2) is 0 Å². The number of nitrogens with zero attached hydrogens (tertiary/aromatic N) is 1. The van der Waals surface area contributed by atoms with Crippen LogP contribution in [-0.4, -0.2) is 36.9 Å². The van der Waals surface area contributed by atoms with Crippen LogP contribution in [0.1, 0.15) is 28.8 Å². The molecule has 0 atom stereocenters. The molecule has 2 aromatic carbocycles. The molecule has 0 aliphatic heterocycles. The molecule has 0 saturated heterocycles. The lowest BCUT2D eigenvalue weighted by Crippen LogP contribution is -2.32. The van der Waals surface area contributed by atoms with E-state index in [-0.39, 0.29) is 30.6 Å². The first kappa shape index (κ1) is 21.0. The summed E-state index contributed by atoms with van der Waals surface area (Å²) in [6.07, 6.45) is 6.10. The third-order valence-electron chi connectivity index (χ3n) is 4.13. The molecule has 0 heterocycles. The lowest BCUT2D eigenvalue weighted by Gasteiger charge is -2.20. The van der Waals surface area contributed by atoms with Crippen molar-refractivity contribution in [2.75, 3.05) is 20.2 Å². The van der Waals surface area contributed by atoms with E-state index in [1.807, 2.05) is 0 Å². The van der Waals surface area contributed by atoms with Crippen molar-refractivity contribution in [2.24, 2.45) is 0 Å². The minimum absolute atomic E-state index is 0.110. The van der Waals surface area contributed by atoms with Crippen LogP contribution in [0.4, 0.5) is 4.39 Å². The molecule has 0 aromatic heterocycles. The molecule has 1 N–H and O–H groups in total. The fraction of sp³-hybridized carbons (Fsp3) is 0.273. The van der Waals surface area contributed by atoms with Gasteiger partial charge in [0, 0.05) is 25.1 Å².